The third kappa shape index (κ3) is 8.06. The van der Waals surface area contributed by atoms with Gasteiger partial charge < -0.3 is 24.3 Å². The first-order valence-electron chi connectivity index (χ1n) is 26.3. The molecule has 4 amide bonds. The van der Waals surface area contributed by atoms with Crippen LogP contribution in [0, 0.1) is 5.41 Å². The summed E-state index contributed by atoms with van der Waals surface area (Å²) in [4.78, 5) is 73.0. The van der Waals surface area contributed by atoms with Crippen LogP contribution in [0.2, 0.25) is 5.02 Å². The smallest absolute Gasteiger partial charge is 0.282 e. The van der Waals surface area contributed by atoms with Gasteiger partial charge in [0.2, 0.25) is 18.7 Å². The zero-order valence-corrected chi connectivity index (χ0v) is 41.7. The molecule has 3 aromatic carbocycles. The summed E-state index contributed by atoms with van der Waals surface area (Å²) in [7, 11) is 0. The fourth-order valence-corrected chi connectivity index (χ4v) is 14.5. The predicted molar refractivity (Wildman–Crippen MR) is 270 cm³/mol. The summed E-state index contributed by atoms with van der Waals surface area (Å²) in [5.74, 6) is 2.07. The number of carbonyl (C=O) groups excluding carboxylic acids is 4. The number of hydrogen-bond donors (Lipinski definition) is 1. The lowest BCUT2D eigenvalue weighted by molar-refractivity contribution is -0.125. The summed E-state index contributed by atoms with van der Waals surface area (Å²) in [5.41, 5.74) is 8.03. The van der Waals surface area contributed by atoms with Crippen LogP contribution in [-0.4, -0.2) is 118 Å². The predicted octanol–water partition coefficient (Wildman–Crippen LogP) is 8.01. The number of halogens is 1. The average molecular weight is 971 g/mol. The molecule has 12 rings (SSSR count). The molecular weight excluding hydrogens is 902 g/mol. The number of ether oxygens (including phenoxy) is 1. The van der Waals surface area contributed by atoms with Crippen molar-refractivity contribution in [1.82, 2.24) is 34.5 Å². The fraction of sp³-hybridized carbons (Fsp3) is 0.571. The van der Waals surface area contributed by atoms with E-state index in [4.69, 9.17) is 21.3 Å². The van der Waals surface area contributed by atoms with Gasteiger partial charge in [0.25, 0.3) is 11.5 Å². The number of benzene rings is 3. The Bertz CT molecular complexity index is 2750. The van der Waals surface area contributed by atoms with Crippen molar-refractivity contribution in [2.75, 3.05) is 52.4 Å². The number of rotatable bonds is 9. The van der Waals surface area contributed by atoms with Crippen molar-refractivity contribution < 1.29 is 23.9 Å². The summed E-state index contributed by atoms with van der Waals surface area (Å²) in [6, 6.07) is 17.7. The molecule has 14 heteroatoms. The summed E-state index contributed by atoms with van der Waals surface area (Å²) in [6.07, 6.45) is 17.4. The number of hydrogen-bond acceptors (Lipinski definition) is 9. The van der Waals surface area contributed by atoms with Crippen LogP contribution in [-0.2, 0) is 31.8 Å². The summed E-state index contributed by atoms with van der Waals surface area (Å²) >= 11 is 6.56. The molecule has 1 aromatic heterocycles. The molecule has 8 aliphatic rings. The van der Waals surface area contributed by atoms with E-state index in [2.05, 4.69) is 50.9 Å². The van der Waals surface area contributed by atoms with Crippen LogP contribution in [0.4, 0.5) is 0 Å². The van der Waals surface area contributed by atoms with E-state index in [1.807, 2.05) is 34.9 Å². The first-order chi connectivity index (χ1) is 34.0. The highest BCUT2D eigenvalue weighted by Gasteiger charge is 2.50. The number of likely N-dealkylation sites (tertiary alicyclic amines) is 3. The van der Waals surface area contributed by atoms with Gasteiger partial charge in [-0.25, -0.2) is 0 Å². The van der Waals surface area contributed by atoms with E-state index in [1.165, 1.54) is 80.2 Å². The Balaban J connectivity index is 0.000000162. The van der Waals surface area contributed by atoms with Gasteiger partial charge in [0.05, 0.1) is 40.2 Å². The Hall–Kier alpha value is -5.11. The molecule has 7 heterocycles. The second-order valence-corrected chi connectivity index (χ2v) is 22.5. The lowest BCUT2D eigenvalue weighted by Crippen LogP contribution is -2.56. The van der Waals surface area contributed by atoms with Crippen molar-refractivity contribution in [2.24, 2.45) is 5.41 Å². The van der Waals surface area contributed by atoms with Crippen LogP contribution in [0.3, 0.4) is 0 Å². The van der Waals surface area contributed by atoms with Crippen molar-refractivity contribution in [2.45, 2.75) is 146 Å². The molecule has 13 nitrogen and oxygen atoms in total. The molecule has 1 atom stereocenters. The SMILES string of the molecule is CCN1CCC2(CC1)COc1c2ccc2c1CN(C(C)CCC(=O)NC=O)C2=O.O=CN1CCC2(CC1)CC(N1CCC(c3ccc4c(c3)-n3c(nc(=O)c5c(Cl)cccc53)C43CCCCC3)CC1)C2. The zero-order chi connectivity index (χ0) is 48.4. The molecule has 2 saturated carbocycles. The van der Waals surface area contributed by atoms with Crippen molar-refractivity contribution in [1.29, 1.82) is 0 Å². The number of amides is 4. The molecule has 0 bridgehead atoms. The summed E-state index contributed by atoms with van der Waals surface area (Å²) < 4.78 is 8.49. The first kappa shape index (κ1) is 47.2. The second-order valence-electron chi connectivity index (χ2n) is 22.1. The van der Waals surface area contributed by atoms with Gasteiger partial charge in [-0.2, -0.15) is 4.98 Å². The number of nitrogens with one attached hydrogen (secondary N) is 1. The van der Waals surface area contributed by atoms with Crippen LogP contribution in [0.5, 0.6) is 5.75 Å². The maximum absolute atomic E-state index is 13.3. The molecule has 1 N–H and O–H groups in total. The number of imide groups is 1. The molecular formula is C56H68ClN7O6. The van der Waals surface area contributed by atoms with Gasteiger partial charge in [0.15, 0.2) is 0 Å². The molecule has 6 aliphatic heterocycles. The van der Waals surface area contributed by atoms with E-state index in [9.17, 15) is 24.0 Å². The Labute approximate surface area is 416 Å². The van der Waals surface area contributed by atoms with E-state index in [1.54, 1.807) is 6.07 Å². The molecule has 5 fully saturated rings. The minimum atomic E-state index is -0.319. The van der Waals surface area contributed by atoms with Crippen LogP contribution in [0.1, 0.15) is 155 Å². The minimum absolute atomic E-state index is 0.00329. The van der Waals surface area contributed by atoms with Crippen molar-refractivity contribution in [3.05, 3.63) is 97.5 Å². The van der Waals surface area contributed by atoms with Gasteiger partial charge in [0.1, 0.15) is 11.6 Å². The number of nitrogens with zero attached hydrogens (tertiary/aromatic N) is 6. The largest absolute Gasteiger partial charge is 0.492 e. The quantitative estimate of drug-likeness (QED) is 0.166. The van der Waals surface area contributed by atoms with Gasteiger partial charge in [-0.05, 0) is 157 Å². The maximum Gasteiger partial charge on any atom is 0.282 e. The van der Waals surface area contributed by atoms with Crippen molar-refractivity contribution in [3.8, 4) is 11.4 Å². The number of piperidine rings is 3. The standard InChI is InChI=1S/C34H39ClN4O2.C22H29N3O4/c35-27-5-4-6-28-30(27)31(41)36-32-34(11-2-1-3-12-34)26-8-7-24(19-29(26)39(28)32)23-9-15-38(16-10-23)25-20-33(21-25)13-17-37(22-40)18-14-33;1-3-24-10-8-22(9-11-24)13-29-20-17-12-25(15(2)4-7-19(27)23-14-26)21(28)16(17)5-6-18(20)22/h4-8,19,22-23,25H,1-3,9-18,20-21H2;5-6,14-15H,3-4,7-13H2,1-2H3,(H,23,26,27). The van der Waals surface area contributed by atoms with Crippen LogP contribution >= 0.6 is 11.6 Å². The van der Waals surface area contributed by atoms with Gasteiger partial charge in [-0.3, -0.25) is 33.9 Å². The lowest BCUT2D eigenvalue weighted by atomic mass is 9.59. The second kappa shape index (κ2) is 18.8. The van der Waals surface area contributed by atoms with Crippen LogP contribution in [0.15, 0.2) is 53.3 Å². The number of carbonyl (C=O) groups is 4. The average Bonchev–Trinajstić information content (AvgIpc) is 4.00. The molecule has 70 heavy (non-hydrogen) atoms. The molecule has 0 radical (unpaired) electrons. The molecule has 1 unspecified atom stereocenters. The normalized spacial score (nSPS) is 22.7. The van der Waals surface area contributed by atoms with Crippen molar-refractivity contribution in [3.63, 3.8) is 0 Å². The first-order valence-corrected chi connectivity index (χ1v) is 26.7. The van der Waals surface area contributed by atoms with E-state index >= 15 is 0 Å². The van der Waals surface area contributed by atoms with E-state index in [0.29, 0.717) is 47.7 Å². The van der Waals surface area contributed by atoms with Gasteiger partial charge in [0, 0.05) is 53.7 Å². The Morgan fingerprint density at radius 2 is 1.66 bits per heavy atom. The highest BCUT2D eigenvalue weighted by molar-refractivity contribution is 6.35. The molecule has 2 aliphatic carbocycles. The maximum atomic E-state index is 13.3. The Morgan fingerprint density at radius 3 is 2.37 bits per heavy atom. The van der Waals surface area contributed by atoms with Gasteiger partial charge in [-0.15, -0.1) is 0 Å². The van der Waals surface area contributed by atoms with E-state index in [0.717, 1.165) is 112 Å². The van der Waals surface area contributed by atoms with Crippen molar-refractivity contribution >= 4 is 47.1 Å². The lowest BCUT2D eigenvalue weighted by Gasteiger charge is -2.56. The third-order valence-corrected chi connectivity index (χ3v) is 18.9. The molecule has 3 spiro atoms. The van der Waals surface area contributed by atoms with Gasteiger partial charge >= 0.3 is 0 Å². The van der Waals surface area contributed by atoms with E-state index in [-0.39, 0.29) is 40.7 Å². The Kier molecular flexibility index (Phi) is 12.7. The highest BCUT2D eigenvalue weighted by atomic mass is 35.5. The highest BCUT2D eigenvalue weighted by Crippen LogP contribution is 2.54. The van der Waals surface area contributed by atoms with Crippen LogP contribution in [0.25, 0.3) is 16.6 Å². The Morgan fingerprint density at radius 1 is 0.914 bits per heavy atom. The fourth-order valence-electron chi connectivity index (χ4n) is 14.2. The summed E-state index contributed by atoms with van der Waals surface area (Å²) in [5, 5.41) is 3.16. The number of aromatic nitrogens is 2. The van der Waals surface area contributed by atoms with Gasteiger partial charge in [-0.1, -0.05) is 62.1 Å². The molecule has 4 aromatic rings. The monoisotopic (exact) mass is 969 g/mol. The number of fused-ring (bicyclic) bond motifs is 11. The minimum Gasteiger partial charge on any atom is -0.492 e. The molecule has 3 saturated heterocycles. The topological polar surface area (TPSA) is 137 Å². The van der Waals surface area contributed by atoms with Crippen LogP contribution < -0.4 is 15.6 Å². The van der Waals surface area contributed by atoms with E-state index < -0.39 is 0 Å². The third-order valence-electron chi connectivity index (χ3n) is 18.6. The summed E-state index contributed by atoms with van der Waals surface area (Å²) in [6.45, 7) is 12.8. The molecule has 370 valence electrons. The zero-order valence-electron chi connectivity index (χ0n) is 41.0.